The lowest BCUT2D eigenvalue weighted by Gasteiger charge is -2.33. The number of aromatic hydroxyl groups is 1. The third-order valence-corrected chi connectivity index (χ3v) is 11.1. The first-order valence-electron chi connectivity index (χ1n) is 21.7. The van der Waals surface area contributed by atoms with Crippen LogP contribution >= 0.6 is 0 Å². The number of nitrogens with zero attached hydrogens (tertiary/aromatic N) is 1. The fraction of sp³-hybridized carbons (Fsp3) is 0.580. The molecule has 1 heterocycles. The predicted octanol–water partition coefficient (Wildman–Crippen LogP) is 15.5. The van der Waals surface area contributed by atoms with Crippen LogP contribution in [0.4, 0.5) is 4.39 Å². The van der Waals surface area contributed by atoms with Gasteiger partial charge < -0.3 is 10.4 Å². The van der Waals surface area contributed by atoms with E-state index in [4.69, 9.17) is 0 Å². The van der Waals surface area contributed by atoms with Crippen molar-refractivity contribution in [1.29, 1.82) is 5.26 Å². The molecule has 0 fully saturated rings. The minimum absolute atomic E-state index is 0.111. The molecule has 0 saturated heterocycles. The van der Waals surface area contributed by atoms with Crippen LogP contribution in [0.3, 0.4) is 0 Å². The second-order valence-electron chi connectivity index (χ2n) is 14.8. The van der Waals surface area contributed by atoms with Gasteiger partial charge in [0, 0.05) is 29.6 Å². The van der Waals surface area contributed by atoms with Crippen molar-refractivity contribution < 1.29 is 9.50 Å². The summed E-state index contributed by atoms with van der Waals surface area (Å²) in [5.41, 5.74) is 7.17. The number of phenols is 1. The molecular formula is C50H77FN2O. The van der Waals surface area contributed by atoms with Crippen LogP contribution < -0.4 is 5.32 Å². The van der Waals surface area contributed by atoms with Crippen molar-refractivity contribution in [2.75, 3.05) is 6.54 Å². The summed E-state index contributed by atoms with van der Waals surface area (Å²) in [7, 11) is 0. The van der Waals surface area contributed by atoms with Crippen LogP contribution in [-0.4, -0.2) is 11.7 Å². The Morgan fingerprint density at radius 1 is 0.926 bits per heavy atom. The molecule has 0 bridgehead atoms. The highest BCUT2D eigenvalue weighted by molar-refractivity contribution is 5.99. The summed E-state index contributed by atoms with van der Waals surface area (Å²) in [6, 6.07) is 15.8. The molecule has 4 heteroatoms. The third-order valence-electron chi connectivity index (χ3n) is 11.1. The zero-order chi connectivity index (χ0) is 40.8. The van der Waals surface area contributed by atoms with Crippen LogP contribution in [0.25, 0.3) is 27.5 Å². The summed E-state index contributed by atoms with van der Waals surface area (Å²) in [4.78, 5) is 0. The summed E-state index contributed by atoms with van der Waals surface area (Å²) in [6.45, 7) is 31.1. The summed E-state index contributed by atoms with van der Waals surface area (Å²) in [5, 5.41) is 25.6. The highest BCUT2D eigenvalue weighted by atomic mass is 19.1. The molecule has 4 rings (SSSR count). The maximum atomic E-state index is 17.4. The van der Waals surface area contributed by atoms with Crippen molar-refractivity contribution in [2.45, 2.75) is 167 Å². The number of hydrogen-bond acceptors (Lipinski definition) is 3. The van der Waals surface area contributed by atoms with E-state index < -0.39 is 0 Å². The summed E-state index contributed by atoms with van der Waals surface area (Å²) in [5.74, 6) is 1.55. The molecule has 2 N–H and O–H groups in total. The predicted molar refractivity (Wildman–Crippen MR) is 236 cm³/mol. The van der Waals surface area contributed by atoms with Crippen LogP contribution in [0.1, 0.15) is 170 Å². The van der Waals surface area contributed by atoms with Gasteiger partial charge in [-0.1, -0.05) is 159 Å². The topological polar surface area (TPSA) is 56.0 Å². The monoisotopic (exact) mass is 741 g/mol. The van der Waals surface area contributed by atoms with E-state index in [9.17, 15) is 10.4 Å². The molecule has 3 aromatic rings. The molecule has 54 heavy (non-hydrogen) atoms. The van der Waals surface area contributed by atoms with Crippen LogP contribution in [0.15, 0.2) is 60.3 Å². The molecule has 1 aliphatic heterocycles. The number of benzene rings is 3. The number of unbranched alkanes of at least 4 members (excludes halogenated alkanes) is 1. The Morgan fingerprint density at radius 3 is 2.11 bits per heavy atom. The van der Waals surface area contributed by atoms with Crippen molar-refractivity contribution in [3.8, 4) is 22.9 Å². The molecule has 0 amide bonds. The first kappa shape index (κ1) is 48.4. The average Bonchev–Trinajstić information content (AvgIpc) is 3.57. The standard InChI is InChI=1S/C39H49FN2O.C7H16.2C2H6/c1-7-15-32-34(36-38(27(6)8-2)42-25-39(36,9-3)20-14-16-26(4)5)23-29(18-12-13-21-41)35(37(32)40)33-24-30(43)22-28-17-10-11-19-31(28)33;1-4-7(5-2)6-3;2*1-2/h10-11,17,19,22-24,26,42-43H,6-9,12-16,18,20,25H2,1-5H3;7H,4-6H2,1-3H3;2*1-2H3. The average molecular weight is 741 g/mol. The fourth-order valence-electron chi connectivity index (χ4n) is 7.81. The number of halogens is 1. The molecule has 1 atom stereocenters. The van der Waals surface area contributed by atoms with Crippen LogP contribution in [0.5, 0.6) is 5.75 Å². The summed E-state index contributed by atoms with van der Waals surface area (Å²) in [6.07, 6.45) is 12.2. The van der Waals surface area contributed by atoms with Crippen LogP contribution in [0, 0.1) is 34.4 Å². The molecule has 1 unspecified atom stereocenters. The Morgan fingerprint density at radius 2 is 1.57 bits per heavy atom. The van der Waals surface area contributed by atoms with Gasteiger partial charge in [0.25, 0.3) is 0 Å². The number of nitriles is 1. The van der Waals surface area contributed by atoms with Gasteiger partial charge in [-0.05, 0) is 107 Å². The third kappa shape index (κ3) is 12.5. The molecule has 300 valence electrons. The van der Waals surface area contributed by atoms with Gasteiger partial charge in [-0.3, -0.25) is 0 Å². The number of hydrogen-bond donors (Lipinski definition) is 2. The normalized spacial score (nSPS) is 14.8. The van der Waals surface area contributed by atoms with Crippen molar-refractivity contribution >= 4 is 16.3 Å². The maximum Gasteiger partial charge on any atom is 0.135 e. The number of rotatable bonds is 17. The molecule has 0 radical (unpaired) electrons. The van der Waals surface area contributed by atoms with Gasteiger partial charge in [0.2, 0.25) is 0 Å². The Kier molecular flexibility index (Phi) is 22.9. The van der Waals surface area contributed by atoms with E-state index in [1.807, 2.05) is 52.0 Å². The Hall–Kier alpha value is -3.58. The first-order valence-corrected chi connectivity index (χ1v) is 21.7. The maximum absolute atomic E-state index is 17.4. The highest BCUT2D eigenvalue weighted by Crippen LogP contribution is 2.51. The number of fused-ring (bicyclic) bond motifs is 1. The second kappa shape index (κ2) is 25.5. The van der Waals surface area contributed by atoms with E-state index in [1.54, 1.807) is 12.1 Å². The second-order valence-corrected chi connectivity index (χ2v) is 14.8. The Labute approximate surface area is 331 Å². The van der Waals surface area contributed by atoms with E-state index in [-0.39, 0.29) is 17.0 Å². The molecule has 3 nitrogen and oxygen atoms in total. The SMILES string of the molecule is C=C(CC)C1=C(c2cc(CCCC#N)c(-c3cc(O)cc4ccccc34)c(F)c2CCC)C(CC)(CCCC(C)C)CN1.CC.CC.CCC(CC)CC. The number of allylic oxidation sites excluding steroid dienone is 1. The summed E-state index contributed by atoms with van der Waals surface area (Å²) >= 11 is 0. The fourth-order valence-corrected chi connectivity index (χ4v) is 7.81. The van der Waals surface area contributed by atoms with E-state index >= 15 is 4.39 Å². The van der Waals surface area contributed by atoms with Crippen molar-refractivity contribution in [3.05, 3.63) is 82.8 Å². The van der Waals surface area contributed by atoms with Gasteiger partial charge in [-0.25, -0.2) is 4.39 Å². The molecule has 3 aromatic carbocycles. The van der Waals surface area contributed by atoms with Gasteiger partial charge in [0.1, 0.15) is 11.6 Å². The quantitative estimate of drug-likeness (QED) is 0.136. The Balaban J connectivity index is 0.00000117. The highest BCUT2D eigenvalue weighted by Gasteiger charge is 2.42. The lowest BCUT2D eigenvalue weighted by atomic mass is 9.70. The van der Waals surface area contributed by atoms with Crippen molar-refractivity contribution in [1.82, 2.24) is 5.32 Å². The largest absolute Gasteiger partial charge is 0.508 e. The number of nitrogens with one attached hydrogen (secondary N) is 1. The van der Waals surface area contributed by atoms with Crippen molar-refractivity contribution in [2.24, 2.45) is 17.3 Å². The lowest BCUT2D eigenvalue weighted by molar-refractivity contribution is 0.339. The van der Waals surface area contributed by atoms with Crippen LogP contribution in [0.2, 0.25) is 0 Å². The Bertz CT molecular complexity index is 1640. The zero-order valence-electron chi connectivity index (χ0n) is 36.6. The number of aryl methyl sites for hydroxylation is 1. The summed E-state index contributed by atoms with van der Waals surface area (Å²) < 4.78 is 17.4. The van der Waals surface area contributed by atoms with E-state index in [0.29, 0.717) is 42.7 Å². The van der Waals surface area contributed by atoms with Crippen LogP contribution in [-0.2, 0) is 12.8 Å². The molecular weight excluding hydrogens is 664 g/mol. The first-order chi connectivity index (χ1) is 26.1. The van der Waals surface area contributed by atoms with Gasteiger partial charge in [-0.2, -0.15) is 5.26 Å². The minimum atomic E-state index is -0.199. The number of phenolic OH excluding ortho intramolecular Hbond substituents is 1. The van der Waals surface area contributed by atoms with E-state index in [1.165, 1.54) is 24.8 Å². The minimum Gasteiger partial charge on any atom is -0.508 e. The molecule has 1 aliphatic rings. The smallest absolute Gasteiger partial charge is 0.135 e. The van der Waals surface area contributed by atoms with Crippen molar-refractivity contribution in [3.63, 3.8) is 0 Å². The lowest BCUT2D eigenvalue weighted by Crippen LogP contribution is -2.27. The van der Waals surface area contributed by atoms with E-state index in [2.05, 4.69) is 79.4 Å². The van der Waals surface area contributed by atoms with Gasteiger partial charge in [0.05, 0.1) is 6.07 Å². The molecule has 0 spiro atoms. The van der Waals surface area contributed by atoms with Gasteiger partial charge in [-0.15, -0.1) is 0 Å². The van der Waals surface area contributed by atoms with E-state index in [0.717, 1.165) is 89.7 Å². The molecule has 0 aromatic heterocycles. The van der Waals surface area contributed by atoms with Gasteiger partial charge >= 0.3 is 0 Å². The van der Waals surface area contributed by atoms with Gasteiger partial charge in [0.15, 0.2) is 0 Å². The zero-order valence-corrected chi connectivity index (χ0v) is 36.6. The molecule has 0 saturated carbocycles. The molecule has 0 aliphatic carbocycles.